The van der Waals surface area contributed by atoms with Crippen LogP contribution < -0.4 is 15.8 Å². The summed E-state index contributed by atoms with van der Waals surface area (Å²) in [5, 5.41) is 3.50. The predicted octanol–water partition coefficient (Wildman–Crippen LogP) is 7.00. The second-order valence-electron chi connectivity index (χ2n) is 8.14. The first-order chi connectivity index (χ1) is 15.1. The van der Waals surface area contributed by atoms with Crippen LogP contribution in [0, 0.1) is 5.92 Å². The van der Waals surface area contributed by atoms with E-state index in [1.165, 1.54) is 24.0 Å². The summed E-state index contributed by atoms with van der Waals surface area (Å²) in [6.07, 6.45) is 5.64. The molecule has 1 atom stereocenters. The number of rotatable bonds is 11. The van der Waals surface area contributed by atoms with Gasteiger partial charge in [0.2, 0.25) is 0 Å². The molecule has 162 valence electrons. The molecule has 0 aliphatic rings. The summed E-state index contributed by atoms with van der Waals surface area (Å²) >= 11 is 0. The van der Waals surface area contributed by atoms with Gasteiger partial charge >= 0.3 is 0 Å². The van der Waals surface area contributed by atoms with E-state index in [1.54, 1.807) is 0 Å². The summed E-state index contributed by atoms with van der Waals surface area (Å²) < 4.78 is 5.87. The highest BCUT2D eigenvalue weighted by Gasteiger charge is 2.03. The van der Waals surface area contributed by atoms with E-state index in [0.717, 1.165) is 35.7 Å². The van der Waals surface area contributed by atoms with Crippen molar-refractivity contribution in [3.05, 3.63) is 102 Å². The maximum atomic E-state index is 6.32. The lowest BCUT2D eigenvalue weighted by Crippen LogP contribution is -2.02. The van der Waals surface area contributed by atoms with E-state index in [1.807, 2.05) is 36.4 Å². The van der Waals surface area contributed by atoms with Gasteiger partial charge in [0.05, 0.1) is 0 Å². The maximum absolute atomic E-state index is 6.32. The Labute approximate surface area is 187 Å². The lowest BCUT2D eigenvalue weighted by atomic mass is 10.0. The van der Waals surface area contributed by atoms with Gasteiger partial charge in [-0.15, -0.1) is 0 Å². The first-order valence-corrected chi connectivity index (χ1v) is 11.2. The molecule has 0 bridgehead atoms. The number of allylic oxidation sites excluding steroid dienone is 1. The standard InChI is InChI=1S/C28H34N2O/c1-3-8-22(2)13-18-28(29)25-11-7-12-26(19-25)30-20-23-14-16-27(17-15-23)31-21-24-9-5-4-6-10-24/h4-7,9-12,14-19,22,30H,3,8,13,20-21,29H2,1-2H3/b28-18+. The van der Waals surface area contributed by atoms with Crippen molar-refractivity contribution in [3.63, 3.8) is 0 Å². The van der Waals surface area contributed by atoms with E-state index in [9.17, 15) is 0 Å². The van der Waals surface area contributed by atoms with E-state index in [-0.39, 0.29) is 0 Å². The third-order valence-electron chi connectivity index (χ3n) is 5.39. The van der Waals surface area contributed by atoms with Gasteiger partial charge in [0.1, 0.15) is 12.4 Å². The molecule has 0 fully saturated rings. The second-order valence-corrected chi connectivity index (χ2v) is 8.14. The molecule has 0 saturated carbocycles. The number of nitrogens with one attached hydrogen (secondary N) is 1. The van der Waals surface area contributed by atoms with Crippen LogP contribution >= 0.6 is 0 Å². The largest absolute Gasteiger partial charge is 0.489 e. The van der Waals surface area contributed by atoms with Crippen LogP contribution in [0.5, 0.6) is 5.75 Å². The van der Waals surface area contributed by atoms with E-state index in [4.69, 9.17) is 10.5 Å². The molecule has 0 aliphatic heterocycles. The minimum Gasteiger partial charge on any atom is -0.489 e. The first-order valence-electron chi connectivity index (χ1n) is 11.2. The molecule has 0 aliphatic carbocycles. The molecule has 3 aromatic carbocycles. The third kappa shape index (κ3) is 7.53. The van der Waals surface area contributed by atoms with Gasteiger partial charge in [0, 0.05) is 17.9 Å². The zero-order chi connectivity index (χ0) is 21.9. The van der Waals surface area contributed by atoms with Crippen LogP contribution in [-0.2, 0) is 13.2 Å². The number of hydrogen-bond donors (Lipinski definition) is 2. The SMILES string of the molecule is CCCC(C)C/C=C(/N)c1cccc(NCc2ccc(OCc3ccccc3)cc2)c1. The fraction of sp³-hybridized carbons (Fsp3) is 0.286. The molecule has 0 amide bonds. The van der Waals surface area contributed by atoms with Crippen LogP contribution in [0.15, 0.2) is 84.9 Å². The molecule has 0 radical (unpaired) electrons. The van der Waals surface area contributed by atoms with Crippen LogP contribution in [-0.4, -0.2) is 0 Å². The highest BCUT2D eigenvalue weighted by Crippen LogP contribution is 2.20. The Hall–Kier alpha value is -3.20. The highest BCUT2D eigenvalue weighted by molar-refractivity contribution is 5.66. The summed E-state index contributed by atoms with van der Waals surface area (Å²) in [6.45, 7) is 5.84. The molecule has 0 saturated heterocycles. The van der Waals surface area contributed by atoms with Crippen LogP contribution in [0.4, 0.5) is 5.69 Å². The average Bonchev–Trinajstić information content (AvgIpc) is 2.81. The fourth-order valence-corrected chi connectivity index (χ4v) is 3.51. The minimum absolute atomic E-state index is 0.581. The molecule has 0 heterocycles. The van der Waals surface area contributed by atoms with Crippen LogP contribution in [0.25, 0.3) is 5.70 Å². The fourth-order valence-electron chi connectivity index (χ4n) is 3.51. The molecule has 1 unspecified atom stereocenters. The number of ether oxygens (including phenoxy) is 1. The molecule has 31 heavy (non-hydrogen) atoms. The Kier molecular flexibility index (Phi) is 8.59. The smallest absolute Gasteiger partial charge is 0.119 e. The van der Waals surface area contributed by atoms with E-state index in [0.29, 0.717) is 12.5 Å². The molecule has 3 aromatic rings. The Morgan fingerprint density at radius 2 is 1.74 bits per heavy atom. The molecule has 3 nitrogen and oxygen atoms in total. The molecular weight excluding hydrogens is 380 g/mol. The van der Waals surface area contributed by atoms with Crippen molar-refractivity contribution in [2.75, 3.05) is 5.32 Å². The van der Waals surface area contributed by atoms with Crippen molar-refractivity contribution in [2.24, 2.45) is 11.7 Å². The third-order valence-corrected chi connectivity index (χ3v) is 5.39. The molecular formula is C28H34N2O. The highest BCUT2D eigenvalue weighted by atomic mass is 16.5. The molecule has 3 rings (SSSR count). The summed E-state index contributed by atoms with van der Waals surface area (Å²) in [6, 6.07) is 26.8. The number of hydrogen-bond acceptors (Lipinski definition) is 3. The summed E-state index contributed by atoms with van der Waals surface area (Å²) in [5.74, 6) is 1.55. The summed E-state index contributed by atoms with van der Waals surface area (Å²) in [7, 11) is 0. The van der Waals surface area contributed by atoms with Crippen molar-refractivity contribution in [3.8, 4) is 5.75 Å². The summed E-state index contributed by atoms with van der Waals surface area (Å²) in [5.41, 5.74) is 11.7. The van der Waals surface area contributed by atoms with Crippen molar-refractivity contribution in [1.29, 1.82) is 0 Å². The first kappa shape index (κ1) is 22.5. The van der Waals surface area contributed by atoms with Gasteiger partial charge in [-0.3, -0.25) is 0 Å². The lowest BCUT2D eigenvalue weighted by Gasteiger charge is -2.11. The van der Waals surface area contributed by atoms with Crippen molar-refractivity contribution >= 4 is 11.4 Å². The van der Waals surface area contributed by atoms with Gasteiger partial charge in [-0.25, -0.2) is 0 Å². The van der Waals surface area contributed by atoms with Gasteiger partial charge in [-0.2, -0.15) is 0 Å². The molecule has 3 heteroatoms. The normalized spacial score (nSPS) is 12.4. The van der Waals surface area contributed by atoms with Crippen molar-refractivity contribution < 1.29 is 4.74 Å². The lowest BCUT2D eigenvalue weighted by molar-refractivity contribution is 0.306. The topological polar surface area (TPSA) is 47.3 Å². The van der Waals surface area contributed by atoms with Crippen LogP contribution in [0.1, 0.15) is 49.8 Å². The Bertz CT molecular complexity index is 948. The van der Waals surface area contributed by atoms with Crippen LogP contribution in [0.2, 0.25) is 0 Å². The van der Waals surface area contributed by atoms with Crippen molar-refractivity contribution in [2.45, 2.75) is 46.3 Å². The quantitative estimate of drug-likeness (QED) is 0.355. The second kappa shape index (κ2) is 11.8. The van der Waals surface area contributed by atoms with Crippen LogP contribution in [0.3, 0.4) is 0 Å². The predicted molar refractivity (Wildman–Crippen MR) is 132 cm³/mol. The van der Waals surface area contributed by atoms with Gasteiger partial charge in [0.25, 0.3) is 0 Å². The Morgan fingerprint density at radius 1 is 0.968 bits per heavy atom. The number of anilines is 1. The number of nitrogens with two attached hydrogens (primary N) is 1. The minimum atomic E-state index is 0.581. The van der Waals surface area contributed by atoms with Gasteiger partial charge in [-0.1, -0.05) is 87.4 Å². The Morgan fingerprint density at radius 3 is 2.48 bits per heavy atom. The average molecular weight is 415 g/mol. The maximum Gasteiger partial charge on any atom is 0.119 e. The van der Waals surface area contributed by atoms with E-state index in [2.05, 4.69) is 67.7 Å². The van der Waals surface area contributed by atoms with Gasteiger partial charge < -0.3 is 15.8 Å². The van der Waals surface area contributed by atoms with E-state index < -0.39 is 0 Å². The zero-order valence-electron chi connectivity index (χ0n) is 18.7. The van der Waals surface area contributed by atoms with Gasteiger partial charge in [-0.05, 0) is 53.3 Å². The monoisotopic (exact) mass is 414 g/mol. The zero-order valence-corrected chi connectivity index (χ0v) is 18.7. The molecule has 0 aromatic heterocycles. The number of benzene rings is 3. The molecule has 3 N–H and O–H groups in total. The summed E-state index contributed by atoms with van der Waals surface area (Å²) in [4.78, 5) is 0. The van der Waals surface area contributed by atoms with E-state index >= 15 is 0 Å². The molecule has 0 spiro atoms. The Balaban J connectivity index is 1.51. The van der Waals surface area contributed by atoms with Gasteiger partial charge in [0.15, 0.2) is 0 Å². The van der Waals surface area contributed by atoms with Crippen molar-refractivity contribution in [1.82, 2.24) is 0 Å².